The predicted octanol–water partition coefficient (Wildman–Crippen LogP) is 0.553. The van der Waals surface area contributed by atoms with Gasteiger partial charge in [-0.2, -0.15) is 0 Å². The third-order valence-corrected chi connectivity index (χ3v) is 2.24. The summed E-state index contributed by atoms with van der Waals surface area (Å²) in [5.74, 6) is -0.238. The van der Waals surface area contributed by atoms with Gasteiger partial charge in [-0.25, -0.2) is 4.68 Å². The molecule has 0 fully saturated rings. The minimum absolute atomic E-state index is 0.238. The molecule has 3 N–H and O–H groups in total. The maximum Gasteiger partial charge on any atom is 0.241 e. The van der Waals surface area contributed by atoms with E-state index in [1.54, 1.807) is 30.1 Å². The zero-order valence-electron chi connectivity index (χ0n) is 9.37. The van der Waals surface area contributed by atoms with E-state index in [2.05, 4.69) is 15.6 Å². The van der Waals surface area contributed by atoms with Crippen LogP contribution in [0.15, 0.2) is 36.7 Å². The van der Waals surface area contributed by atoms with Crippen LogP contribution in [0.2, 0.25) is 0 Å². The number of carbonyl (C=O) groups is 1. The number of rotatable bonds is 3. The van der Waals surface area contributed by atoms with Crippen molar-refractivity contribution in [2.24, 2.45) is 5.73 Å². The van der Waals surface area contributed by atoms with E-state index in [4.69, 9.17) is 5.73 Å². The maximum atomic E-state index is 11.6. The molecule has 1 amide bonds. The summed E-state index contributed by atoms with van der Waals surface area (Å²) < 4.78 is 1.58. The van der Waals surface area contributed by atoms with Gasteiger partial charge >= 0.3 is 0 Å². The molecule has 0 saturated heterocycles. The summed E-state index contributed by atoms with van der Waals surface area (Å²) in [4.78, 5) is 11.6. The Kier molecular flexibility index (Phi) is 3.15. The molecule has 2 rings (SSSR count). The fraction of sp³-hybridized carbons (Fsp3) is 0.182. The van der Waals surface area contributed by atoms with E-state index in [0.717, 1.165) is 5.69 Å². The average molecular weight is 231 g/mol. The van der Waals surface area contributed by atoms with E-state index in [9.17, 15) is 4.79 Å². The van der Waals surface area contributed by atoms with Gasteiger partial charge in [0, 0.05) is 0 Å². The second-order valence-corrected chi connectivity index (χ2v) is 3.64. The Hall–Kier alpha value is -2.21. The van der Waals surface area contributed by atoms with E-state index in [1.807, 2.05) is 18.2 Å². The third-order valence-electron chi connectivity index (χ3n) is 2.24. The highest BCUT2D eigenvalue weighted by Gasteiger charge is 2.11. The van der Waals surface area contributed by atoms with Gasteiger partial charge in [0.1, 0.15) is 0 Å². The summed E-state index contributed by atoms with van der Waals surface area (Å²) >= 11 is 0. The van der Waals surface area contributed by atoms with Crippen molar-refractivity contribution in [1.82, 2.24) is 15.0 Å². The normalized spacial score (nSPS) is 12.1. The van der Waals surface area contributed by atoms with Crippen molar-refractivity contribution in [3.05, 3.63) is 36.7 Å². The lowest BCUT2D eigenvalue weighted by Gasteiger charge is -2.11. The van der Waals surface area contributed by atoms with Gasteiger partial charge in [-0.1, -0.05) is 17.3 Å². The Bertz CT molecular complexity index is 506. The highest BCUT2D eigenvalue weighted by atomic mass is 16.2. The summed E-state index contributed by atoms with van der Waals surface area (Å²) in [6.45, 7) is 1.63. The molecule has 2 aromatic rings. The monoisotopic (exact) mass is 231 g/mol. The second kappa shape index (κ2) is 4.75. The van der Waals surface area contributed by atoms with Crippen molar-refractivity contribution < 1.29 is 4.79 Å². The zero-order valence-corrected chi connectivity index (χ0v) is 9.37. The summed E-state index contributed by atoms with van der Waals surface area (Å²) in [6.07, 6.45) is 3.28. The van der Waals surface area contributed by atoms with E-state index in [1.165, 1.54) is 0 Å². The number of aromatic nitrogens is 3. The molecule has 6 heteroatoms. The Morgan fingerprint density at radius 1 is 1.47 bits per heavy atom. The third kappa shape index (κ3) is 2.48. The van der Waals surface area contributed by atoms with Crippen LogP contribution in [0.5, 0.6) is 0 Å². The lowest BCUT2D eigenvalue weighted by molar-refractivity contribution is -0.117. The van der Waals surface area contributed by atoms with Gasteiger partial charge in [0.15, 0.2) is 0 Å². The lowest BCUT2D eigenvalue weighted by atomic mass is 10.2. The van der Waals surface area contributed by atoms with E-state index < -0.39 is 6.04 Å². The second-order valence-electron chi connectivity index (χ2n) is 3.64. The number of para-hydroxylation sites is 2. The first kappa shape index (κ1) is 11.3. The van der Waals surface area contributed by atoms with Gasteiger partial charge in [-0.05, 0) is 19.1 Å². The predicted molar refractivity (Wildman–Crippen MR) is 63.6 cm³/mol. The first-order valence-corrected chi connectivity index (χ1v) is 5.20. The Balaban J connectivity index is 2.32. The number of nitrogens with two attached hydrogens (primary N) is 1. The number of hydrogen-bond acceptors (Lipinski definition) is 4. The minimum Gasteiger partial charge on any atom is -0.323 e. The molecular formula is C11H13N5O. The van der Waals surface area contributed by atoms with Gasteiger partial charge in [0.05, 0.1) is 29.8 Å². The molecule has 1 heterocycles. The lowest BCUT2D eigenvalue weighted by Crippen LogP contribution is -2.32. The van der Waals surface area contributed by atoms with Crippen LogP contribution < -0.4 is 11.1 Å². The molecule has 0 radical (unpaired) electrons. The fourth-order valence-corrected chi connectivity index (χ4v) is 1.36. The van der Waals surface area contributed by atoms with Gasteiger partial charge < -0.3 is 11.1 Å². The van der Waals surface area contributed by atoms with E-state index in [0.29, 0.717) is 5.69 Å². The number of nitrogens with zero attached hydrogens (tertiary/aromatic N) is 3. The van der Waals surface area contributed by atoms with Crippen LogP contribution in [-0.4, -0.2) is 26.9 Å². The number of nitrogens with one attached hydrogen (secondary N) is 1. The highest BCUT2D eigenvalue weighted by Crippen LogP contribution is 2.18. The quantitative estimate of drug-likeness (QED) is 0.807. The van der Waals surface area contributed by atoms with Crippen LogP contribution in [-0.2, 0) is 4.79 Å². The van der Waals surface area contributed by atoms with Crippen LogP contribution in [0.4, 0.5) is 5.69 Å². The Morgan fingerprint density at radius 3 is 2.88 bits per heavy atom. The highest BCUT2D eigenvalue weighted by molar-refractivity contribution is 5.96. The maximum absolute atomic E-state index is 11.6. The van der Waals surface area contributed by atoms with E-state index >= 15 is 0 Å². The summed E-state index contributed by atoms with van der Waals surface area (Å²) in [6, 6.07) is 6.76. The zero-order chi connectivity index (χ0) is 12.3. The Morgan fingerprint density at radius 2 is 2.24 bits per heavy atom. The van der Waals surface area contributed by atoms with Gasteiger partial charge in [-0.15, -0.1) is 5.10 Å². The molecule has 1 aromatic carbocycles. The first-order chi connectivity index (χ1) is 8.18. The van der Waals surface area contributed by atoms with Crippen molar-refractivity contribution >= 4 is 11.6 Å². The van der Waals surface area contributed by atoms with Crippen molar-refractivity contribution in [3.8, 4) is 5.69 Å². The first-order valence-electron chi connectivity index (χ1n) is 5.20. The molecule has 1 aromatic heterocycles. The molecule has 6 nitrogen and oxygen atoms in total. The molecule has 1 atom stereocenters. The molecular weight excluding hydrogens is 218 g/mol. The smallest absolute Gasteiger partial charge is 0.241 e. The number of benzene rings is 1. The summed E-state index contributed by atoms with van der Waals surface area (Å²) in [5.41, 5.74) is 6.91. The summed E-state index contributed by atoms with van der Waals surface area (Å²) in [7, 11) is 0. The van der Waals surface area contributed by atoms with Crippen LogP contribution in [0.25, 0.3) is 5.69 Å². The molecule has 0 bridgehead atoms. The molecule has 0 spiro atoms. The van der Waals surface area contributed by atoms with Crippen molar-refractivity contribution in [3.63, 3.8) is 0 Å². The molecule has 0 aliphatic rings. The minimum atomic E-state index is -0.557. The fourth-order valence-electron chi connectivity index (χ4n) is 1.36. The number of carbonyl (C=O) groups excluding carboxylic acids is 1. The van der Waals surface area contributed by atoms with Gasteiger partial charge in [-0.3, -0.25) is 4.79 Å². The van der Waals surface area contributed by atoms with Crippen LogP contribution >= 0.6 is 0 Å². The van der Waals surface area contributed by atoms with Crippen molar-refractivity contribution in [2.75, 3.05) is 5.32 Å². The largest absolute Gasteiger partial charge is 0.323 e. The van der Waals surface area contributed by atoms with Crippen molar-refractivity contribution in [2.45, 2.75) is 13.0 Å². The van der Waals surface area contributed by atoms with E-state index in [-0.39, 0.29) is 5.91 Å². The van der Waals surface area contributed by atoms with Crippen LogP contribution in [0.1, 0.15) is 6.92 Å². The Labute approximate surface area is 98.4 Å². The molecule has 0 unspecified atom stereocenters. The SMILES string of the molecule is C[C@H](N)C(=O)Nc1ccccc1-n1ccnn1. The standard InChI is InChI=1S/C11H13N5O/c1-8(12)11(17)14-9-4-2-3-5-10(9)16-7-6-13-15-16/h2-8H,12H2,1H3,(H,14,17)/t8-/m0/s1. The van der Waals surface area contributed by atoms with Gasteiger partial charge in [0.25, 0.3) is 0 Å². The molecule has 0 aliphatic carbocycles. The van der Waals surface area contributed by atoms with Crippen LogP contribution in [0, 0.1) is 0 Å². The molecule has 0 saturated carbocycles. The topological polar surface area (TPSA) is 85.8 Å². The van der Waals surface area contributed by atoms with Gasteiger partial charge in [0.2, 0.25) is 5.91 Å². The van der Waals surface area contributed by atoms with Crippen molar-refractivity contribution in [1.29, 1.82) is 0 Å². The number of hydrogen-bond donors (Lipinski definition) is 2. The average Bonchev–Trinajstić information content (AvgIpc) is 2.83. The van der Waals surface area contributed by atoms with Crippen LogP contribution in [0.3, 0.4) is 0 Å². The molecule has 0 aliphatic heterocycles. The number of anilines is 1. The number of amides is 1. The molecule has 17 heavy (non-hydrogen) atoms. The molecule has 88 valence electrons. The summed E-state index contributed by atoms with van der Waals surface area (Å²) in [5, 5.41) is 10.4.